The molecular weight excluding hydrogens is 777 g/mol. The van der Waals surface area contributed by atoms with Gasteiger partial charge in [0.25, 0.3) is 0 Å². The van der Waals surface area contributed by atoms with Crippen LogP contribution in [0, 0.1) is 23.7 Å². The topological polar surface area (TPSA) is 18.5 Å². The fourth-order valence-corrected chi connectivity index (χ4v) is 11.2. The molecule has 4 aromatic rings. The minimum absolute atomic E-state index is 0.242. The van der Waals surface area contributed by atoms with Crippen molar-refractivity contribution in [2.75, 3.05) is 0 Å². The molecule has 0 saturated heterocycles. The Morgan fingerprint density at radius 2 is 0.641 bits per heavy atom. The Bertz CT molecular complexity index is 1580. The Morgan fingerprint density at radius 1 is 0.344 bits per heavy atom. The number of unbranched alkanes of at least 4 members (excludes halogenated alkanes) is 10. The quantitative estimate of drug-likeness (QED) is 0.0469. The van der Waals surface area contributed by atoms with E-state index in [1.807, 2.05) is 0 Å². The van der Waals surface area contributed by atoms with Crippen molar-refractivity contribution in [1.82, 2.24) is 0 Å². The molecule has 2 saturated carbocycles. The molecule has 0 unspecified atom stereocenters. The van der Waals surface area contributed by atoms with Crippen LogP contribution in [0.4, 0.5) is 0 Å². The average Bonchev–Trinajstić information content (AvgIpc) is 3.35. The summed E-state index contributed by atoms with van der Waals surface area (Å²) < 4.78 is 13.8. The van der Waals surface area contributed by atoms with E-state index in [0.29, 0.717) is 13.2 Å². The number of benzene rings is 4. The molecule has 0 amide bonds. The van der Waals surface area contributed by atoms with E-state index in [1.54, 1.807) is 0 Å². The predicted octanol–water partition coefficient (Wildman–Crippen LogP) is 18.7. The molecule has 0 aromatic heterocycles. The summed E-state index contributed by atoms with van der Waals surface area (Å²) in [6.07, 6.45) is 39.1. The van der Waals surface area contributed by atoms with E-state index in [0.717, 1.165) is 34.8 Å². The van der Waals surface area contributed by atoms with Crippen molar-refractivity contribution in [2.45, 2.75) is 219 Å². The predicted molar refractivity (Wildman–Crippen MR) is 274 cm³/mol. The summed E-state index contributed by atoms with van der Waals surface area (Å²) in [6.45, 7) is 5.72. The van der Waals surface area contributed by atoms with Gasteiger partial charge in [-0.3, -0.25) is 0 Å². The van der Waals surface area contributed by atoms with Crippen LogP contribution < -0.4 is 0 Å². The van der Waals surface area contributed by atoms with Crippen molar-refractivity contribution in [1.29, 1.82) is 0 Å². The third-order valence-corrected chi connectivity index (χ3v) is 15.5. The number of rotatable bonds is 31. The van der Waals surface area contributed by atoms with E-state index in [2.05, 4.69) is 123 Å². The summed E-state index contributed by atoms with van der Waals surface area (Å²) in [5.41, 5.74) is 7.61. The second kappa shape index (κ2) is 30.2. The van der Waals surface area contributed by atoms with Crippen molar-refractivity contribution in [3.05, 3.63) is 143 Å². The van der Waals surface area contributed by atoms with Gasteiger partial charge in [-0.25, -0.2) is 0 Å². The highest BCUT2D eigenvalue weighted by molar-refractivity contribution is 5.27. The Kier molecular flexibility index (Phi) is 23.7. The molecule has 2 nitrogen and oxygen atoms in total. The molecule has 4 aromatic carbocycles. The van der Waals surface area contributed by atoms with Crippen LogP contribution in [0.3, 0.4) is 0 Å². The highest BCUT2D eigenvalue weighted by Gasteiger charge is 2.27. The molecule has 0 spiro atoms. The van der Waals surface area contributed by atoms with Crippen molar-refractivity contribution >= 4 is 0 Å². The molecular formula is C62H90O2. The summed E-state index contributed by atoms with van der Waals surface area (Å²) in [5, 5.41) is 0. The number of hydrogen-bond acceptors (Lipinski definition) is 2. The van der Waals surface area contributed by atoms with Gasteiger partial charge in [0.2, 0.25) is 0 Å². The van der Waals surface area contributed by atoms with Crippen molar-refractivity contribution in [3.63, 3.8) is 0 Å². The van der Waals surface area contributed by atoms with Crippen molar-refractivity contribution < 1.29 is 9.47 Å². The first-order valence-electron chi connectivity index (χ1n) is 27.2. The first kappa shape index (κ1) is 50.2. The van der Waals surface area contributed by atoms with Gasteiger partial charge in [0.15, 0.2) is 0 Å². The maximum Gasteiger partial charge on any atom is 0.113 e. The van der Waals surface area contributed by atoms with Gasteiger partial charge in [0.05, 0.1) is 13.2 Å². The van der Waals surface area contributed by atoms with Crippen LogP contribution in [0.25, 0.3) is 0 Å². The molecule has 0 bridgehead atoms. The Hall–Kier alpha value is -3.20. The summed E-state index contributed by atoms with van der Waals surface area (Å²) in [7, 11) is 0. The van der Waals surface area contributed by atoms with Gasteiger partial charge >= 0.3 is 0 Å². The lowest BCUT2D eigenvalue weighted by molar-refractivity contribution is -0.0908. The van der Waals surface area contributed by atoms with Gasteiger partial charge in [-0.1, -0.05) is 277 Å². The van der Waals surface area contributed by atoms with Crippen LogP contribution in [0.5, 0.6) is 0 Å². The lowest BCUT2D eigenvalue weighted by atomic mass is 9.78. The summed E-state index contributed by atoms with van der Waals surface area (Å²) in [6, 6.07) is 39.8. The van der Waals surface area contributed by atoms with Crippen LogP contribution in [-0.2, 0) is 35.5 Å². The molecule has 2 atom stereocenters. The largest absolute Gasteiger partial charge is 0.366 e. The third kappa shape index (κ3) is 18.6. The van der Waals surface area contributed by atoms with Gasteiger partial charge in [-0.05, 0) is 82.7 Å². The monoisotopic (exact) mass is 867 g/mol. The van der Waals surface area contributed by atoms with Crippen LogP contribution in [0.1, 0.15) is 226 Å². The zero-order chi connectivity index (χ0) is 44.3. The average molecular weight is 867 g/mol. The summed E-state index contributed by atoms with van der Waals surface area (Å²) >= 11 is 0. The number of hydrogen-bond donors (Lipinski definition) is 0. The van der Waals surface area contributed by atoms with E-state index in [9.17, 15) is 0 Å². The number of aryl methyl sites for hydroxylation is 2. The zero-order valence-corrected chi connectivity index (χ0v) is 40.9. The van der Waals surface area contributed by atoms with Crippen molar-refractivity contribution in [2.24, 2.45) is 23.7 Å². The van der Waals surface area contributed by atoms with Crippen molar-refractivity contribution in [3.8, 4) is 0 Å². The first-order valence-corrected chi connectivity index (χ1v) is 27.2. The van der Waals surface area contributed by atoms with Gasteiger partial charge < -0.3 is 9.47 Å². The van der Waals surface area contributed by atoms with Crippen LogP contribution in [0.2, 0.25) is 0 Å². The minimum Gasteiger partial charge on any atom is -0.366 e. The maximum absolute atomic E-state index is 6.89. The normalized spacial score (nSPS) is 20.0. The molecule has 6 rings (SSSR count). The summed E-state index contributed by atoms with van der Waals surface area (Å²) in [4.78, 5) is 0. The molecule has 0 radical (unpaired) electrons. The van der Waals surface area contributed by atoms with E-state index < -0.39 is 0 Å². The summed E-state index contributed by atoms with van der Waals surface area (Å²) in [5.74, 6) is 3.97. The molecule has 2 fully saturated rings. The molecule has 0 heterocycles. The smallest absolute Gasteiger partial charge is 0.113 e. The lowest BCUT2D eigenvalue weighted by Crippen LogP contribution is -2.18. The SMILES string of the molecule is CCCCCCC[C@H]1CC[C@H](CCCCc2ccc(CO[C@H](c3ccccc3)[C@H](OCc3ccc(CCCC[C@H]4CC[C@H](CCCCCCC)CC4)cc3)c3ccccc3)cc2)CC1. The Labute approximate surface area is 393 Å². The first-order chi connectivity index (χ1) is 31.7. The van der Waals surface area contributed by atoms with E-state index in [1.165, 1.54) is 202 Å². The highest BCUT2D eigenvalue weighted by Crippen LogP contribution is 2.38. The van der Waals surface area contributed by atoms with Gasteiger partial charge in [-0.2, -0.15) is 0 Å². The molecule has 0 aliphatic heterocycles. The van der Waals surface area contributed by atoms with E-state index in [4.69, 9.17) is 9.47 Å². The van der Waals surface area contributed by atoms with Gasteiger partial charge in [-0.15, -0.1) is 0 Å². The molecule has 64 heavy (non-hydrogen) atoms. The zero-order valence-electron chi connectivity index (χ0n) is 40.9. The van der Waals surface area contributed by atoms with E-state index >= 15 is 0 Å². The highest BCUT2D eigenvalue weighted by atomic mass is 16.5. The minimum atomic E-state index is -0.242. The second-order valence-corrected chi connectivity index (χ2v) is 20.6. The Balaban J connectivity index is 0.924. The maximum atomic E-state index is 6.89. The number of ether oxygens (including phenoxy) is 2. The fraction of sp³-hybridized carbons (Fsp3) is 0.613. The molecule has 2 aliphatic rings. The third-order valence-electron chi connectivity index (χ3n) is 15.5. The van der Waals surface area contributed by atoms with Crippen LogP contribution >= 0.6 is 0 Å². The molecule has 350 valence electrons. The Morgan fingerprint density at radius 3 is 0.969 bits per heavy atom. The molecule has 2 heteroatoms. The fourth-order valence-electron chi connectivity index (χ4n) is 11.2. The van der Waals surface area contributed by atoms with Gasteiger partial charge in [0, 0.05) is 0 Å². The van der Waals surface area contributed by atoms with Crippen LogP contribution in [-0.4, -0.2) is 0 Å². The van der Waals surface area contributed by atoms with Gasteiger partial charge in [0.1, 0.15) is 12.2 Å². The van der Waals surface area contributed by atoms with Crippen LogP contribution in [0.15, 0.2) is 109 Å². The van der Waals surface area contributed by atoms with E-state index in [-0.39, 0.29) is 12.2 Å². The second-order valence-electron chi connectivity index (χ2n) is 20.6. The molecule has 0 N–H and O–H groups in total. The molecule has 2 aliphatic carbocycles. The lowest BCUT2D eigenvalue weighted by Gasteiger charge is -2.29. The standard InChI is InChI=1S/C62H90O2/c1-3-5-7-9-13-23-51-33-37-53(38-34-51)25-19-21-27-55-41-45-57(46-42-55)49-63-61(59-29-15-11-16-30-59)62(60-31-17-12-18-32-60)64-50-58-47-43-56(44-48-58)28-22-20-26-54-39-35-52(36-40-54)24-14-10-8-6-4-2/h11-12,15-18,29-32,41-48,51-54,61-62H,3-10,13-14,19-28,33-40,49-50H2,1-2H3/t51-,52-,53-,54-,61-,62-/m1/s1.